The fourth-order valence-electron chi connectivity index (χ4n) is 1.83. The lowest BCUT2D eigenvalue weighted by atomic mass is 10.2. The summed E-state index contributed by atoms with van der Waals surface area (Å²) in [6.45, 7) is -0.00417. The number of nitrogens with one attached hydrogen (secondary N) is 1. The molecule has 0 saturated heterocycles. The van der Waals surface area contributed by atoms with E-state index in [1.807, 2.05) is 0 Å². The second-order valence-corrected chi connectivity index (χ2v) is 4.38. The van der Waals surface area contributed by atoms with E-state index in [0.29, 0.717) is 15.7 Å². The van der Waals surface area contributed by atoms with Crippen molar-refractivity contribution < 1.29 is 8.78 Å². The van der Waals surface area contributed by atoms with Gasteiger partial charge in [0.25, 0.3) is 0 Å². The molecule has 0 saturated carbocycles. The molecule has 19 heavy (non-hydrogen) atoms. The van der Waals surface area contributed by atoms with Gasteiger partial charge in [0.05, 0.1) is 18.3 Å². The summed E-state index contributed by atoms with van der Waals surface area (Å²) >= 11 is 5.05. The van der Waals surface area contributed by atoms with Gasteiger partial charge >= 0.3 is 0 Å². The second-order valence-electron chi connectivity index (χ2n) is 4.00. The zero-order chi connectivity index (χ0) is 13.4. The highest BCUT2D eigenvalue weighted by Crippen LogP contribution is 2.15. The van der Waals surface area contributed by atoms with Crippen molar-refractivity contribution in [3.05, 3.63) is 52.6 Å². The Kier molecular flexibility index (Phi) is 2.83. The van der Waals surface area contributed by atoms with Crippen molar-refractivity contribution in [1.29, 1.82) is 0 Å². The van der Waals surface area contributed by atoms with Gasteiger partial charge in [0.15, 0.2) is 5.65 Å². The summed E-state index contributed by atoms with van der Waals surface area (Å²) < 4.78 is 28.9. The number of aromatic amines is 1. The van der Waals surface area contributed by atoms with E-state index in [9.17, 15) is 8.78 Å². The standard InChI is InChI=1S/C12H8F2N4S/c13-9-2-1-3-10(14)7(9)4-18-5-8-11(17-18)15-6-16-12(8)19/h1-3,5-6H,4H2,(H,15,16,17,19). The van der Waals surface area contributed by atoms with Crippen molar-refractivity contribution in [2.75, 3.05) is 0 Å². The molecule has 1 aromatic carbocycles. The molecule has 0 radical (unpaired) electrons. The Bertz CT molecular complexity index is 789. The van der Waals surface area contributed by atoms with E-state index < -0.39 is 11.6 Å². The van der Waals surface area contributed by atoms with Gasteiger partial charge in [0.2, 0.25) is 0 Å². The average Bonchev–Trinajstić information content (AvgIpc) is 2.78. The number of H-pyrrole nitrogens is 1. The average molecular weight is 278 g/mol. The van der Waals surface area contributed by atoms with Crippen LogP contribution >= 0.6 is 12.2 Å². The third-order valence-electron chi connectivity index (χ3n) is 2.76. The number of halogens is 2. The maximum Gasteiger partial charge on any atom is 0.163 e. The first-order chi connectivity index (χ1) is 9.15. The predicted octanol–water partition coefficient (Wildman–Crippen LogP) is 2.82. The Morgan fingerprint density at radius 1 is 1.26 bits per heavy atom. The van der Waals surface area contributed by atoms with Crippen LogP contribution in [0, 0.1) is 16.3 Å². The second kappa shape index (κ2) is 4.51. The fraction of sp³-hybridized carbons (Fsp3) is 0.0833. The third-order valence-corrected chi connectivity index (χ3v) is 3.08. The highest BCUT2D eigenvalue weighted by atomic mass is 32.1. The van der Waals surface area contributed by atoms with Gasteiger partial charge in [-0.25, -0.2) is 13.8 Å². The molecule has 3 aromatic rings. The summed E-state index contributed by atoms with van der Waals surface area (Å²) in [5, 5.41) is 4.82. The highest BCUT2D eigenvalue weighted by Gasteiger charge is 2.10. The van der Waals surface area contributed by atoms with Crippen molar-refractivity contribution in [2.24, 2.45) is 0 Å². The van der Waals surface area contributed by atoms with Crippen LogP contribution in [0.5, 0.6) is 0 Å². The zero-order valence-electron chi connectivity index (χ0n) is 9.60. The minimum atomic E-state index is -0.597. The fourth-order valence-corrected chi connectivity index (χ4v) is 2.03. The van der Waals surface area contributed by atoms with E-state index >= 15 is 0 Å². The highest BCUT2D eigenvalue weighted by molar-refractivity contribution is 7.71. The third kappa shape index (κ3) is 2.12. The quantitative estimate of drug-likeness (QED) is 0.733. The van der Waals surface area contributed by atoms with Crippen LogP contribution in [0.3, 0.4) is 0 Å². The molecule has 4 nitrogen and oxygen atoms in total. The molecule has 0 atom stereocenters. The summed E-state index contributed by atoms with van der Waals surface area (Å²) in [5.41, 5.74) is 0.505. The molecule has 0 aliphatic carbocycles. The van der Waals surface area contributed by atoms with Crippen LogP contribution in [-0.2, 0) is 6.54 Å². The summed E-state index contributed by atoms with van der Waals surface area (Å²) in [6, 6.07) is 3.76. The van der Waals surface area contributed by atoms with E-state index in [2.05, 4.69) is 15.1 Å². The van der Waals surface area contributed by atoms with Crippen LogP contribution in [0.4, 0.5) is 8.78 Å². The van der Waals surface area contributed by atoms with Gasteiger partial charge in [-0.2, -0.15) is 5.10 Å². The number of rotatable bonds is 2. The minimum Gasteiger partial charge on any atom is -0.329 e. The molecule has 0 unspecified atom stereocenters. The molecule has 1 N–H and O–H groups in total. The molecule has 0 aliphatic rings. The van der Waals surface area contributed by atoms with Crippen LogP contribution in [-0.4, -0.2) is 19.7 Å². The summed E-state index contributed by atoms with van der Waals surface area (Å²) in [4.78, 5) is 6.75. The van der Waals surface area contributed by atoms with E-state index in [1.54, 1.807) is 6.20 Å². The predicted molar refractivity (Wildman–Crippen MR) is 68.2 cm³/mol. The number of benzene rings is 1. The van der Waals surface area contributed by atoms with Gasteiger partial charge in [0, 0.05) is 11.8 Å². The van der Waals surface area contributed by atoms with Crippen LogP contribution in [0.1, 0.15) is 5.56 Å². The Labute approximate surface area is 111 Å². The Morgan fingerprint density at radius 3 is 2.68 bits per heavy atom. The van der Waals surface area contributed by atoms with E-state index in [1.165, 1.54) is 29.2 Å². The maximum atomic E-state index is 13.5. The minimum absolute atomic E-state index is 0.00417. The molecule has 2 aromatic heterocycles. The molecule has 2 heterocycles. The van der Waals surface area contributed by atoms with Gasteiger partial charge < -0.3 is 4.98 Å². The molecular weight excluding hydrogens is 270 g/mol. The number of aromatic nitrogens is 4. The molecule has 0 bridgehead atoms. The molecule has 0 spiro atoms. The number of fused-ring (bicyclic) bond motifs is 1. The summed E-state index contributed by atoms with van der Waals surface area (Å²) in [5.74, 6) is -1.19. The van der Waals surface area contributed by atoms with E-state index in [-0.39, 0.29) is 12.1 Å². The topological polar surface area (TPSA) is 46.5 Å². The van der Waals surface area contributed by atoms with Crippen LogP contribution < -0.4 is 0 Å². The van der Waals surface area contributed by atoms with Gasteiger partial charge in [-0.1, -0.05) is 18.3 Å². The Hall–Kier alpha value is -2.15. The van der Waals surface area contributed by atoms with Crippen LogP contribution in [0.15, 0.2) is 30.7 Å². The zero-order valence-corrected chi connectivity index (χ0v) is 10.4. The maximum absolute atomic E-state index is 13.5. The Morgan fingerprint density at radius 2 is 2.00 bits per heavy atom. The van der Waals surface area contributed by atoms with E-state index in [0.717, 1.165) is 0 Å². The monoisotopic (exact) mass is 278 g/mol. The number of hydrogen-bond donors (Lipinski definition) is 1. The van der Waals surface area contributed by atoms with Crippen molar-refractivity contribution in [1.82, 2.24) is 19.7 Å². The molecule has 0 aliphatic heterocycles. The van der Waals surface area contributed by atoms with Gasteiger partial charge in [-0.15, -0.1) is 0 Å². The lowest BCUT2D eigenvalue weighted by Gasteiger charge is -2.04. The van der Waals surface area contributed by atoms with Crippen molar-refractivity contribution in [3.63, 3.8) is 0 Å². The molecule has 0 fully saturated rings. The first-order valence-electron chi connectivity index (χ1n) is 5.49. The lowest BCUT2D eigenvalue weighted by Crippen LogP contribution is -2.05. The molecule has 96 valence electrons. The number of hydrogen-bond acceptors (Lipinski definition) is 3. The molecular formula is C12H8F2N4S. The lowest BCUT2D eigenvalue weighted by molar-refractivity contribution is 0.534. The Balaban J connectivity index is 2.07. The van der Waals surface area contributed by atoms with Crippen LogP contribution in [0.25, 0.3) is 11.0 Å². The van der Waals surface area contributed by atoms with Gasteiger partial charge in [0.1, 0.15) is 16.3 Å². The van der Waals surface area contributed by atoms with Gasteiger partial charge in [-0.3, -0.25) is 4.68 Å². The first-order valence-corrected chi connectivity index (χ1v) is 5.90. The van der Waals surface area contributed by atoms with Crippen molar-refractivity contribution >= 4 is 23.3 Å². The molecule has 3 rings (SSSR count). The molecule has 7 heteroatoms. The van der Waals surface area contributed by atoms with E-state index in [4.69, 9.17) is 12.2 Å². The largest absolute Gasteiger partial charge is 0.329 e. The van der Waals surface area contributed by atoms with Crippen molar-refractivity contribution in [2.45, 2.75) is 6.54 Å². The smallest absolute Gasteiger partial charge is 0.163 e. The summed E-state index contributed by atoms with van der Waals surface area (Å²) in [7, 11) is 0. The number of nitrogens with zero attached hydrogens (tertiary/aromatic N) is 3. The normalized spacial score (nSPS) is 11.1. The summed E-state index contributed by atoms with van der Waals surface area (Å²) in [6.07, 6.45) is 3.05. The molecule has 0 amide bonds. The SMILES string of the molecule is Fc1cccc(F)c1Cn1cc2c(=S)nc[nH]c2n1. The van der Waals surface area contributed by atoms with Crippen LogP contribution in [0.2, 0.25) is 0 Å². The van der Waals surface area contributed by atoms with Crippen molar-refractivity contribution in [3.8, 4) is 0 Å². The first kappa shape index (κ1) is 11.9. The van der Waals surface area contributed by atoms with Gasteiger partial charge in [-0.05, 0) is 12.1 Å².